The second-order valence-electron chi connectivity index (χ2n) is 6.07. The molecule has 2 N–H and O–H groups in total. The van der Waals surface area contributed by atoms with Crippen LogP contribution in [0.2, 0.25) is 0 Å². The van der Waals surface area contributed by atoms with Crippen molar-refractivity contribution in [2.75, 3.05) is 24.7 Å². The largest absolute Gasteiger partial charge is 0.493 e. The smallest absolute Gasteiger partial charge is 0.264 e. The topological polar surface area (TPSA) is 127 Å². The molecule has 0 amide bonds. The number of hydrogen-bond donors (Lipinski definition) is 2. The maximum absolute atomic E-state index is 10.6. The van der Waals surface area contributed by atoms with Crippen LogP contribution in [0.5, 0.6) is 11.5 Å². The molecule has 1 rings (SSSR count). The third-order valence-electron chi connectivity index (χ3n) is 3.58. The number of ether oxygens (including phenoxy) is 2. The third kappa shape index (κ3) is 9.95. The van der Waals surface area contributed by atoms with E-state index in [4.69, 9.17) is 18.6 Å². The molecule has 0 heterocycles. The Bertz CT molecular complexity index is 717. The second-order valence-corrected chi connectivity index (χ2v) is 9.21. The number of hydrogen-bond acceptors (Lipinski definition) is 6. The van der Waals surface area contributed by atoms with Gasteiger partial charge in [-0.05, 0) is 62.8 Å². The maximum atomic E-state index is 10.6. The Balaban J connectivity index is 2.44. The van der Waals surface area contributed by atoms with E-state index < -0.39 is 20.2 Å². The highest BCUT2D eigenvalue weighted by Crippen LogP contribution is 2.28. The van der Waals surface area contributed by atoms with E-state index in [0.717, 1.165) is 11.1 Å². The first-order valence-corrected chi connectivity index (χ1v) is 11.5. The van der Waals surface area contributed by atoms with Crippen molar-refractivity contribution in [3.8, 4) is 11.5 Å². The number of benzene rings is 1. The Kier molecular flexibility index (Phi) is 8.81. The summed E-state index contributed by atoms with van der Waals surface area (Å²) < 4.78 is 71.2. The molecule has 0 aliphatic carbocycles. The summed E-state index contributed by atoms with van der Waals surface area (Å²) >= 11 is 0. The van der Waals surface area contributed by atoms with E-state index in [0.29, 0.717) is 50.4 Å². The van der Waals surface area contributed by atoms with Gasteiger partial charge in [-0.15, -0.1) is 0 Å². The Morgan fingerprint density at radius 2 is 1.08 bits per heavy atom. The van der Waals surface area contributed by atoms with Crippen LogP contribution in [0, 0.1) is 13.8 Å². The standard InChI is InChI=1S/C16H26O8S2/c1-13-11-16(24-8-4-6-10-26(20,21)22)14(2)12-15(13)23-7-3-5-9-25(17,18)19/h11-12H,3-10H2,1-2H3,(H,17,18,19)(H,20,21,22). The lowest BCUT2D eigenvalue weighted by atomic mass is 10.1. The predicted molar refractivity (Wildman–Crippen MR) is 98.2 cm³/mol. The van der Waals surface area contributed by atoms with Crippen LogP contribution in [0.1, 0.15) is 36.8 Å². The molecule has 10 heteroatoms. The van der Waals surface area contributed by atoms with Gasteiger partial charge in [-0.25, -0.2) is 0 Å². The third-order valence-corrected chi connectivity index (χ3v) is 5.19. The summed E-state index contributed by atoms with van der Waals surface area (Å²) in [7, 11) is -7.86. The summed E-state index contributed by atoms with van der Waals surface area (Å²) in [4.78, 5) is 0. The van der Waals surface area contributed by atoms with Crippen LogP contribution in [0.15, 0.2) is 12.1 Å². The first kappa shape index (κ1) is 22.7. The summed E-state index contributed by atoms with van der Waals surface area (Å²) in [5, 5.41) is 0. The van der Waals surface area contributed by atoms with Crippen LogP contribution >= 0.6 is 0 Å². The molecule has 0 atom stereocenters. The summed E-state index contributed by atoms with van der Waals surface area (Å²) in [6.45, 7) is 4.40. The molecule has 0 spiro atoms. The zero-order valence-corrected chi connectivity index (χ0v) is 16.6. The highest BCUT2D eigenvalue weighted by atomic mass is 32.2. The van der Waals surface area contributed by atoms with Crippen LogP contribution < -0.4 is 9.47 Å². The molecule has 0 radical (unpaired) electrons. The van der Waals surface area contributed by atoms with Crippen molar-refractivity contribution >= 4 is 20.2 Å². The van der Waals surface area contributed by atoms with E-state index in [2.05, 4.69) is 0 Å². The fraction of sp³-hybridized carbons (Fsp3) is 0.625. The lowest BCUT2D eigenvalue weighted by molar-refractivity contribution is 0.297. The van der Waals surface area contributed by atoms with E-state index in [9.17, 15) is 16.8 Å². The van der Waals surface area contributed by atoms with Crippen molar-refractivity contribution in [3.05, 3.63) is 23.3 Å². The molecule has 0 fully saturated rings. The van der Waals surface area contributed by atoms with Gasteiger partial charge in [0.1, 0.15) is 11.5 Å². The number of unbranched alkanes of at least 4 members (excludes halogenated alkanes) is 2. The second kappa shape index (κ2) is 10.1. The molecule has 0 unspecified atom stereocenters. The molecule has 1 aromatic rings. The SMILES string of the molecule is Cc1cc(OCCCCS(=O)(=O)O)c(C)cc1OCCCCS(=O)(=O)O. The Hall–Kier alpha value is -1.36. The van der Waals surface area contributed by atoms with Gasteiger partial charge in [0.2, 0.25) is 0 Å². The minimum atomic E-state index is -3.93. The van der Waals surface area contributed by atoms with Crippen LogP contribution in [-0.4, -0.2) is 50.7 Å². The fourth-order valence-corrected chi connectivity index (χ4v) is 3.35. The Labute approximate surface area is 155 Å². The summed E-state index contributed by atoms with van der Waals surface area (Å²) in [6.07, 6.45) is 1.65. The van der Waals surface area contributed by atoms with Gasteiger partial charge >= 0.3 is 0 Å². The monoisotopic (exact) mass is 410 g/mol. The first-order valence-electron chi connectivity index (χ1n) is 8.25. The van der Waals surface area contributed by atoms with Gasteiger partial charge in [0.05, 0.1) is 24.7 Å². The number of rotatable bonds is 12. The molecule has 0 saturated carbocycles. The lowest BCUT2D eigenvalue weighted by Gasteiger charge is -2.14. The van der Waals surface area contributed by atoms with Gasteiger partial charge in [0, 0.05) is 0 Å². The normalized spacial score (nSPS) is 12.2. The van der Waals surface area contributed by atoms with E-state index in [1.54, 1.807) is 0 Å². The molecule has 150 valence electrons. The van der Waals surface area contributed by atoms with Gasteiger partial charge < -0.3 is 9.47 Å². The summed E-state index contributed by atoms with van der Waals surface area (Å²) in [6, 6.07) is 3.65. The van der Waals surface area contributed by atoms with Gasteiger partial charge in [0.15, 0.2) is 0 Å². The molecular weight excluding hydrogens is 384 g/mol. The molecule has 0 bridgehead atoms. The lowest BCUT2D eigenvalue weighted by Crippen LogP contribution is -2.07. The summed E-state index contributed by atoms with van der Waals surface area (Å²) in [5.74, 6) is 0.790. The van der Waals surface area contributed by atoms with Crippen molar-refractivity contribution in [1.29, 1.82) is 0 Å². The minimum Gasteiger partial charge on any atom is -0.493 e. The van der Waals surface area contributed by atoms with Crippen molar-refractivity contribution in [1.82, 2.24) is 0 Å². The maximum Gasteiger partial charge on any atom is 0.264 e. The van der Waals surface area contributed by atoms with Crippen molar-refractivity contribution < 1.29 is 35.4 Å². The predicted octanol–water partition coefficient (Wildman–Crippen LogP) is 2.40. The molecule has 0 aliphatic heterocycles. The molecular formula is C16H26O8S2. The van der Waals surface area contributed by atoms with Gasteiger partial charge in [-0.3, -0.25) is 9.11 Å². The zero-order chi connectivity index (χ0) is 19.8. The minimum absolute atomic E-state index is 0.279. The molecule has 8 nitrogen and oxygen atoms in total. The van der Waals surface area contributed by atoms with E-state index in [1.165, 1.54) is 0 Å². The average molecular weight is 411 g/mol. The number of aryl methyl sites for hydroxylation is 2. The first-order chi connectivity index (χ1) is 12.0. The molecule has 26 heavy (non-hydrogen) atoms. The fourth-order valence-electron chi connectivity index (χ4n) is 2.21. The Morgan fingerprint density at radius 3 is 1.38 bits per heavy atom. The molecule has 0 saturated heterocycles. The van der Waals surface area contributed by atoms with Crippen LogP contribution in [0.25, 0.3) is 0 Å². The van der Waals surface area contributed by atoms with Gasteiger partial charge in [0.25, 0.3) is 20.2 Å². The van der Waals surface area contributed by atoms with E-state index in [1.807, 2.05) is 26.0 Å². The summed E-state index contributed by atoms with van der Waals surface area (Å²) in [5.41, 5.74) is 1.72. The van der Waals surface area contributed by atoms with Crippen molar-refractivity contribution in [2.45, 2.75) is 39.5 Å². The van der Waals surface area contributed by atoms with Crippen LogP contribution in [0.3, 0.4) is 0 Å². The van der Waals surface area contributed by atoms with Crippen molar-refractivity contribution in [3.63, 3.8) is 0 Å². The van der Waals surface area contributed by atoms with E-state index in [-0.39, 0.29) is 11.5 Å². The zero-order valence-electron chi connectivity index (χ0n) is 15.0. The highest BCUT2D eigenvalue weighted by molar-refractivity contribution is 7.86. The van der Waals surface area contributed by atoms with Crippen LogP contribution in [-0.2, 0) is 20.2 Å². The van der Waals surface area contributed by atoms with Crippen molar-refractivity contribution in [2.24, 2.45) is 0 Å². The van der Waals surface area contributed by atoms with E-state index >= 15 is 0 Å². The van der Waals surface area contributed by atoms with Gasteiger partial charge in [-0.2, -0.15) is 16.8 Å². The quantitative estimate of drug-likeness (QED) is 0.397. The molecule has 0 aromatic heterocycles. The Morgan fingerprint density at radius 1 is 0.731 bits per heavy atom. The molecule has 1 aromatic carbocycles. The highest BCUT2D eigenvalue weighted by Gasteiger charge is 2.09. The molecule has 0 aliphatic rings. The van der Waals surface area contributed by atoms with Crippen LogP contribution in [0.4, 0.5) is 0 Å². The average Bonchev–Trinajstić information content (AvgIpc) is 2.48. The van der Waals surface area contributed by atoms with Gasteiger partial charge in [-0.1, -0.05) is 0 Å².